The Morgan fingerprint density at radius 3 is 2.20 bits per heavy atom. The molecule has 0 radical (unpaired) electrons. The number of amides is 2. The Kier molecular flexibility index (Phi) is 6.76. The zero-order chi connectivity index (χ0) is 21.5. The predicted octanol–water partition coefficient (Wildman–Crippen LogP) is 4.54. The van der Waals surface area contributed by atoms with Gasteiger partial charge in [-0.15, -0.1) is 0 Å². The van der Waals surface area contributed by atoms with Crippen molar-refractivity contribution >= 4 is 40.6 Å². The summed E-state index contributed by atoms with van der Waals surface area (Å²) in [6.07, 6.45) is 1.34. The van der Waals surface area contributed by atoms with Gasteiger partial charge in [0.2, 0.25) is 5.75 Å². The molecule has 0 saturated heterocycles. The van der Waals surface area contributed by atoms with Crippen LogP contribution in [0.1, 0.15) is 0 Å². The average Bonchev–Trinajstić information content (AvgIpc) is 2.73. The molecule has 0 spiro atoms. The number of halogens is 1. The SMILES string of the molecule is COc1cc(NC(=O)Nc2cc(Nc3cccc(Cl)c3)ncn2)cc(OC)c1OC. The van der Waals surface area contributed by atoms with Crippen LogP contribution in [0.3, 0.4) is 0 Å². The monoisotopic (exact) mass is 429 g/mol. The Morgan fingerprint density at radius 1 is 0.867 bits per heavy atom. The topological polar surface area (TPSA) is 107 Å². The molecule has 3 N–H and O–H groups in total. The van der Waals surface area contributed by atoms with E-state index in [9.17, 15) is 4.79 Å². The molecular formula is C20H20ClN5O4. The molecular weight excluding hydrogens is 410 g/mol. The normalized spacial score (nSPS) is 10.1. The molecule has 10 heteroatoms. The van der Waals surface area contributed by atoms with Crippen molar-refractivity contribution in [3.63, 3.8) is 0 Å². The van der Waals surface area contributed by atoms with Crippen LogP contribution in [0, 0.1) is 0 Å². The number of carbonyl (C=O) groups is 1. The van der Waals surface area contributed by atoms with E-state index in [1.165, 1.54) is 27.7 Å². The molecule has 9 nitrogen and oxygen atoms in total. The molecule has 3 rings (SSSR count). The van der Waals surface area contributed by atoms with Crippen LogP contribution < -0.4 is 30.2 Å². The molecule has 2 aromatic carbocycles. The Labute approximate surface area is 178 Å². The summed E-state index contributed by atoms with van der Waals surface area (Å²) in [7, 11) is 4.50. The number of hydrogen-bond acceptors (Lipinski definition) is 7. The first kappa shape index (κ1) is 21.0. The summed E-state index contributed by atoms with van der Waals surface area (Å²) in [6, 6.07) is 11.5. The van der Waals surface area contributed by atoms with E-state index in [1.54, 1.807) is 30.3 Å². The highest BCUT2D eigenvalue weighted by molar-refractivity contribution is 6.30. The summed E-state index contributed by atoms with van der Waals surface area (Å²) < 4.78 is 15.8. The van der Waals surface area contributed by atoms with Gasteiger partial charge in [-0.1, -0.05) is 17.7 Å². The Bertz CT molecular complexity index is 1020. The molecule has 0 atom stereocenters. The van der Waals surface area contributed by atoms with Crippen molar-refractivity contribution in [3.8, 4) is 17.2 Å². The maximum atomic E-state index is 12.4. The molecule has 0 aliphatic heterocycles. The number of methoxy groups -OCH3 is 3. The van der Waals surface area contributed by atoms with Crippen molar-refractivity contribution in [1.29, 1.82) is 0 Å². The second-order valence-corrected chi connectivity index (χ2v) is 6.35. The summed E-state index contributed by atoms with van der Waals surface area (Å²) >= 11 is 5.99. The maximum absolute atomic E-state index is 12.4. The van der Waals surface area contributed by atoms with E-state index in [2.05, 4.69) is 25.9 Å². The van der Waals surface area contributed by atoms with Crippen molar-refractivity contribution in [3.05, 3.63) is 53.8 Å². The van der Waals surface area contributed by atoms with E-state index in [1.807, 2.05) is 12.1 Å². The van der Waals surface area contributed by atoms with Gasteiger partial charge in [0.25, 0.3) is 0 Å². The summed E-state index contributed by atoms with van der Waals surface area (Å²) in [5, 5.41) is 9.05. The molecule has 0 aliphatic carbocycles. The van der Waals surface area contributed by atoms with Gasteiger partial charge in [0.1, 0.15) is 18.0 Å². The predicted molar refractivity (Wildman–Crippen MR) is 116 cm³/mol. The zero-order valence-corrected chi connectivity index (χ0v) is 17.3. The Morgan fingerprint density at radius 2 is 1.57 bits per heavy atom. The summed E-state index contributed by atoms with van der Waals surface area (Å²) in [4.78, 5) is 20.6. The molecule has 1 aromatic heterocycles. The fourth-order valence-electron chi connectivity index (χ4n) is 2.64. The highest BCUT2D eigenvalue weighted by atomic mass is 35.5. The first-order valence-corrected chi connectivity index (χ1v) is 9.13. The molecule has 0 bridgehead atoms. The lowest BCUT2D eigenvalue weighted by molar-refractivity contribution is 0.262. The third-order valence-electron chi connectivity index (χ3n) is 3.93. The minimum Gasteiger partial charge on any atom is -0.493 e. The number of benzene rings is 2. The largest absolute Gasteiger partial charge is 0.493 e. The number of urea groups is 1. The number of anilines is 4. The Balaban J connectivity index is 1.71. The number of hydrogen-bond donors (Lipinski definition) is 3. The van der Waals surface area contributed by atoms with Gasteiger partial charge >= 0.3 is 6.03 Å². The molecule has 0 aliphatic rings. The first-order valence-electron chi connectivity index (χ1n) is 8.75. The number of nitrogens with one attached hydrogen (secondary N) is 3. The van der Waals surface area contributed by atoms with Crippen molar-refractivity contribution < 1.29 is 19.0 Å². The lowest BCUT2D eigenvalue weighted by atomic mass is 10.2. The van der Waals surface area contributed by atoms with Gasteiger partial charge < -0.3 is 24.8 Å². The van der Waals surface area contributed by atoms with Crippen LogP contribution in [-0.4, -0.2) is 37.3 Å². The lowest BCUT2D eigenvalue weighted by Gasteiger charge is -2.15. The molecule has 0 saturated carbocycles. The number of aromatic nitrogens is 2. The molecule has 2 amide bonds. The van der Waals surface area contributed by atoms with Crippen molar-refractivity contribution in [2.24, 2.45) is 0 Å². The molecule has 1 heterocycles. The first-order chi connectivity index (χ1) is 14.5. The number of nitrogens with zero attached hydrogens (tertiary/aromatic N) is 2. The fourth-order valence-corrected chi connectivity index (χ4v) is 2.83. The van der Waals surface area contributed by atoms with Crippen LogP contribution in [0.25, 0.3) is 0 Å². The summed E-state index contributed by atoms with van der Waals surface area (Å²) in [5.74, 6) is 2.07. The minimum atomic E-state index is -0.503. The van der Waals surface area contributed by atoms with E-state index in [0.717, 1.165) is 5.69 Å². The van der Waals surface area contributed by atoms with Gasteiger partial charge in [0.05, 0.1) is 27.0 Å². The second-order valence-electron chi connectivity index (χ2n) is 5.92. The summed E-state index contributed by atoms with van der Waals surface area (Å²) in [5.41, 5.74) is 1.21. The van der Waals surface area contributed by atoms with Gasteiger partial charge in [-0.25, -0.2) is 14.8 Å². The van der Waals surface area contributed by atoms with Crippen LogP contribution >= 0.6 is 11.6 Å². The number of rotatable bonds is 7. The quantitative estimate of drug-likeness (QED) is 0.506. The van der Waals surface area contributed by atoms with Gasteiger partial charge in [0, 0.05) is 28.9 Å². The van der Waals surface area contributed by atoms with Gasteiger partial charge in [-0.3, -0.25) is 5.32 Å². The van der Waals surface area contributed by atoms with E-state index in [-0.39, 0.29) is 0 Å². The highest BCUT2D eigenvalue weighted by Gasteiger charge is 2.15. The Hall–Kier alpha value is -3.72. The van der Waals surface area contributed by atoms with Crippen LogP contribution in [0.2, 0.25) is 5.02 Å². The molecule has 3 aromatic rings. The third kappa shape index (κ3) is 5.21. The minimum absolute atomic E-state index is 0.305. The average molecular weight is 430 g/mol. The van der Waals surface area contributed by atoms with E-state index < -0.39 is 6.03 Å². The van der Waals surface area contributed by atoms with E-state index in [0.29, 0.717) is 39.6 Å². The van der Waals surface area contributed by atoms with Crippen LogP contribution in [0.15, 0.2) is 48.8 Å². The molecule has 156 valence electrons. The molecule has 0 fully saturated rings. The van der Waals surface area contributed by atoms with Crippen LogP contribution in [-0.2, 0) is 0 Å². The van der Waals surface area contributed by atoms with E-state index >= 15 is 0 Å². The smallest absolute Gasteiger partial charge is 0.324 e. The number of ether oxygens (including phenoxy) is 3. The highest BCUT2D eigenvalue weighted by Crippen LogP contribution is 2.39. The van der Waals surface area contributed by atoms with E-state index in [4.69, 9.17) is 25.8 Å². The molecule has 30 heavy (non-hydrogen) atoms. The third-order valence-corrected chi connectivity index (χ3v) is 4.16. The standard InChI is InChI=1S/C20H20ClN5O4/c1-28-15-8-14(9-16(29-2)19(15)30-3)25-20(27)26-18-10-17(22-11-23-18)24-13-6-4-5-12(21)7-13/h4-11H,1-3H3,(H3,22,23,24,25,26,27). The lowest BCUT2D eigenvalue weighted by Crippen LogP contribution is -2.20. The molecule has 0 unspecified atom stereocenters. The van der Waals surface area contributed by atoms with Gasteiger partial charge in [-0.05, 0) is 18.2 Å². The van der Waals surface area contributed by atoms with Gasteiger partial charge in [-0.2, -0.15) is 0 Å². The van der Waals surface area contributed by atoms with Crippen LogP contribution in [0.5, 0.6) is 17.2 Å². The van der Waals surface area contributed by atoms with Crippen LogP contribution in [0.4, 0.5) is 27.8 Å². The fraction of sp³-hybridized carbons (Fsp3) is 0.150. The summed E-state index contributed by atoms with van der Waals surface area (Å²) in [6.45, 7) is 0. The zero-order valence-electron chi connectivity index (χ0n) is 16.5. The van der Waals surface area contributed by atoms with Gasteiger partial charge in [0.15, 0.2) is 11.5 Å². The maximum Gasteiger partial charge on any atom is 0.324 e. The second kappa shape index (κ2) is 9.66. The number of carbonyl (C=O) groups excluding carboxylic acids is 1. The van der Waals surface area contributed by atoms with Crippen molar-refractivity contribution in [1.82, 2.24) is 9.97 Å². The van der Waals surface area contributed by atoms with Crippen molar-refractivity contribution in [2.45, 2.75) is 0 Å². The van der Waals surface area contributed by atoms with Crippen molar-refractivity contribution in [2.75, 3.05) is 37.3 Å².